The summed E-state index contributed by atoms with van der Waals surface area (Å²) in [6.45, 7) is 1.68. The highest BCUT2D eigenvalue weighted by atomic mass is 19.2. The van der Waals surface area contributed by atoms with Crippen LogP contribution in [0.4, 0.5) is 13.2 Å². The third-order valence-electron chi connectivity index (χ3n) is 2.93. The Morgan fingerprint density at radius 1 is 1.17 bits per heavy atom. The number of hydrogen-bond acceptors (Lipinski definition) is 2. The van der Waals surface area contributed by atoms with Gasteiger partial charge in [0.2, 0.25) is 0 Å². The normalized spacial score (nSPS) is 12.8. The standard InChI is InChI=1S/C12H11F3N2O/c1-6-8(5-16-17(6)2)12(18)7-3-4-9(13)11(15)10(7)14/h3-5,12,18H,1-2H3. The fourth-order valence-electron chi connectivity index (χ4n) is 1.70. The number of halogens is 3. The van der Waals surface area contributed by atoms with Gasteiger partial charge in [-0.25, -0.2) is 13.2 Å². The number of aromatic nitrogens is 2. The first-order chi connectivity index (χ1) is 8.43. The Labute approximate surface area is 101 Å². The highest BCUT2D eigenvalue weighted by Gasteiger charge is 2.23. The van der Waals surface area contributed by atoms with E-state index in [1.54, 1.807) is 14.0 Å². The fourth-order valence-corrected chi connectivity index (χ4v) is 1.70. The molecule has 1 N–H and O–H groups in total. The van der Waals surface area contributed by atoms with Crippen LogP contribution >= 0.6 is 0 Å². The highest BCUT2D eigenvalue weighted by Crippen LogP contribution is 2.28. The molecule has 0 amide bonds. The van der Waals surface area contributed by atoms with Crippen molar-refractivity contribution < 1.29 is 18.3 Å². The van der Waals surface area contributed by atoms with Crippen molar-refractivity contribution in [1.82, 2.24) is 9.78 Å². The number of hydrogen-bond donors (Lipinski definition) is 1. The third-order valence-corrected chi connectivity index (χ3v) is 2.93. The summed E-state index contributed by atoms with van der Waals surface area (Å²) >= 11 is 0. The summed E-state index contributed by atoms with van der Waals surface area (Å²) in [5.74, 6) is -4.26. The predicted octanol–water partition coefficient (Wildman–Crippen LogP) is 2.23. The van der Waals surface area contributed by atoms with Crippen LogP contribution in [0.1, 0.15) is 22.9 Å². The van der Waals surface area contributed by atoms with E-state index in [1.165, 1.54) is 10.9 Å². The van der Waals surface area contributed by atoms with E-state index < -0.39 is 23.6 Å². The number of benzene rings is 1. The molecular formula is C12H11F3N2O. The Hall–Kier alpha value is -1.82. The van der Waals surface area contributed by atoms with Crippen molar-refractivity contribution in [2.45, 2.75) is 13.0 Å². The molecule has 0 aliphatic heterocycles. The van der Waals surface area contributed by atoms with Crippen molar-refractivity contribution in [3.63, 3.8) is 0 Å². The first-order valence-electron chi connectivity index (χ1n) is 5.23. The van der Waals surface area contributed by atoms with E-state index in [-0.39, 0.29) is 5.56 Å². The van der Waals surface area contributed by atoms with E-state index >= 15 is 0 Å². The van der Waals surface area contributed by atoms with Crippen molar-refractivity contribution in [2.24, 2.45) is 7.05 Å². The second kappa shape index (κ2) is 4.45. The quantitative estimate of drug-likeness (QED) is 0.837. The Bertz CT molecular complexity index is 595. The summed E-state index contributed by atoms with van der Waals surface area (Å²) in [7, 11) is 1.66. The maximum Gasteiger partial charge on any atom is 0.194 e. The van der Waals surface area contributed by atoms with Crippen molar-refractivity contribution in [3.05, 3.63) is 52.6 Å². The predicted molar refractivity (Wildman–Crippen MR) is 58.3 cm³/mol. The number of aliphatic hydroxyl groups is 1. The number of aryl methyl sites for hydroxylation is 1. The van der Waals surface area contributed by atoms with Crippen molar-refractivity contribution in [1.29, 1.82) is 0 Å². The molecule has 1 unspecified atom stereocenters. The molecule has 18 heavy (non-hydrogen) atoms. The van der Waals surface area contributed by atoms with Crippen LogP contribution in [0.15, 0.2) is 18.3 Å². The minimum Gasteiger partial charge on any atom is -0.383 e. The Morgan fingerprint density at radius 3 is 2.39 bits per heavy atom. The third kappa shape index (κ3) is 1.88. The molecule has 1 aromatic carbocycles. The van der Waals surface area contributed by atoms with Gasteiger partial charge < -0.3 is 5.11 Å². The minimum absolute atomic E-state index is 0.315. The topological polar surface area (TPSA) is 38.1 Å². The van der Waals surface area contributed by atoms with Gasteiger partial charge in [-0.05, 0) is 13.0 Å². The van der Waals surface area contributed by atoms with Crippen LogP contribution in [-0.2, 0) is 7.05 Å². The van der Waals surface area contributed by atoms with Gasteiger partial charge >= 0.3 is 0 Å². The molecule has 0 radical (unpaired) electrons. The molecule has 0 aliphatic rings. The van der Waals surface area contributed by atoms with Gasteiger partial charge in [0.15, 0.2) is 17.5 Å². The highest BCUT2D eigenvalue weighted by molar-refractivity contribution is 5.32. The van der Waals surface area contributed by atoms with E-state index in [1.807, 2.05) is 0 Å². The molecule has 1 aromatic heterocycles. The summed E-state index contributed by atoms with van der Waals surface area (Å²) in [5.41, 5.74) is 0.652. The summed E-state index contributed by atoms with van der Waals surface area (Å²) in [6.07, 6.45) is -0.0189. The first-order valence-corrected chi connectivity index (χ1v) is 5.23. The molecule has 0 bridgehead atoms. The average molecular weight is 256 g/mol. The van der Waals surface area contributed by atoms with Crippen molar-refractivity contribution >= 4 is 0 Å². The number of rotatable bonds is 2. The molecule has 96 valence electrons. The van der Waals surface area contributed by atoms with Crippen molar-refractivity contribution in [3.8, 4) is 0 Å². The van der Waals surface area contributed by atoms with Gasteiger partial charge in [0.1, 0.15) is 6.10 Å². The zero-order valence-electron chi connectivity index (χ0n) is 9.78. The van der Waals surface area contributed by atoms with Gasteiger partial charge in [-0.2, -0.15) is 5.10 Å². The molecule has 1 heterocycles. The second-order valence-electron chi connectivity index (χ2n) is 3.98. The van der Waals surface area contributed by atoms with Gasteiger partial charge in [0.25, 0.3) is 0 Å². The molecule has 0 saturated carbocycles. The van der Waals surface area contributed by atoms with E-state index in [0.717, 1.165) is 12.1 Å². The monoisotopic (exact) mass is 256 g/mol. The van der Waals surface area contributed by atoms with E-state index in [2.05, 4.69) is 5.10 Å². The zero-order chi connectivity index (χ0) is 13.4. The largest absolute Gasteiger partial charge is 0.383 e. The van der Waals surface area contributed by atoms with Gasteiger partial charge in [-0.1, -0.05) is 6.07 Å². The maximum atomic E-state index is 13.5. The van der Waals surface area contributed by atoms with Crippen LogP contribution in [0.5, 0.6) is 0 Å². The van der Waals surface area contributed by atoms with Gasteiger partial charge in [0, 0.05) is 23.9 Å². The fraction of sp³-hybridized carbons (Fsp3) is 0.250. The lowest BCUT2D eigenvalue weighted by Crippen LogP contribution is -2.07. The summed E-state index contributed by atoms with van der Waals surface area (Å²) < 4.78 is 40.9. The molecule has 2 rings (SSSR count). The SMILES string of the molecule is Cc1c(C(O)c2ccc(F)c(F)c2F)cnn1C. The molecular weight excluding hydrogens is 245 g/mol. The van der Waals surface area contributed by atoms with Crippen LogP contribution in [0.2, 0.25) is 0 Å². The summed E-state index contributed by atoms with van der Waals surface area (Å²) in [5, 5.41) is 13.9. The lowest BCUT2D eigenvalue weighted by molar-refractivity contribution is 0.211. The van der Waals surface area contributed by atoms with E-state index in [0.29, 0.717) is 11.3 Å². The molecule has 2 aromatic rings. The molecule has 0 spiro atoms. The smallest absolute Gasteiger partial charge is 0.194 e. The molecule has 0 aliphatic carbocycles. The van der Waals surface area contributed by atoms with Crippen LogP contribution in [0.25, 0.3) is 0 Å². The molecule has 0 fully saturated rings. The summed E-state index contributed by atoms with van der Waals surface area (Å²) in [6, 6.07) is 1.80. The average Bonchev–Trinajstić information content (AvgIpc) is 2.67. The van der Waals surface area contributed by atoms with Gasteiger partial charge in [-0.3, -0.25) is 4.68 Å². The van der Waals surface area contributed by atoms with Crippen LogP contribution in [0.3, 0.4) is 0 Å². The first kappa shape index (κ1) is 12.6. The molecule has 1 atom stereocenters. The lowest BCUT2D eigenvalue weighted by atomic mass is 10.0. The Morgan fingerprint density at radius 2 is 1.83 bits per heavy atom. The number of aliphatic hydroxyl groups excluding tert-OH is 1. The maximum absolute atomic E-state index is 13.5. The lowest BCUT2D eigenvalue weighted by Gasteiger charge is -2.12. The van der Waals surface area contributed by atoms with Crippen molar-refractivity contribution in [2.75, 3.05) is 0 Å². The molecule has 6 heteroatoms. The van der Waals surface area contributed by atoms with Crippen LogP contribution in [-0.4, -0.2) is 14.9 Å². The molecule has 0 saturated heterocycles. The minimum atomic E-state index is -1.59. The van der Waals surface area contributed by atoms with E-state index in [9.17, 15) is 18.3 Å². The van der Waals surface area contributed by atoms with Crippen LogP contribution in [0, 0.1) is 24.4 Å². The summed E-state index contributed by atoms with van der Waals surface area (Å²) in [4.78, 5) is 0. The van der Waals surface area contributed by atoms with E-state index in [4.69, 9.17) is 0 Å². The Balaban J connectivity index is 2.50. The molecule has 3 nitrogen and oxygen atoms in total. The van der Waals surface area contributed by atoms with Crippen LogP contribution < -0.4 is 0 Å². The van der Waals surface area contributed by atoms with Gasteiger partial charge in [-0.15, -0.1) is 0 Å². The number of nitrogens with zero attached hydrogens (tertiary/aromatic N) is 2. The zero-order valence-corrected chi connectivity index (χ0v) is 9.78. The van der Waals surface area contributed by atoms with Gasteiger partial charge in [0.05, 0.1) is 6.20 Å². The Kier molecular flexibility index (Phi) is 3.13. The second-order valence-corrected chi connectivity index (χ2v) is 3.98.